The average Bonchev–Trinajstić information content (AvgIpc) is 2.29. The molecule has 0 aromatic heterocycles. The second kappa shape index (κ2) is 6.24. The first-order valence-corrected chi connectivity index (χ1v) is 6.14. The summed E-state index contributed by atoms with van der Waals surface area (Å²) in [7, 11) is 0. The van der Waals surface area contributed by atoms with Crippen molar-refractivity contribution in [3.63, 3.8) is 0 Å². The van der Waals surface area contributed by atoms with Gasteiger partial charge < -0.3 is 11.1 Å². The van der Waals surface area contributed by atoms with E-state index >= 15 is 0 Å². The van der Waals surface area contributed by atoms with Gasteiger partial charge in [0.05, 0.1) is 16.1 Å². The predicted octanol–water partition coefficient (Wildman–Crippen LogP) is 2.59. The second-order valence-electron chi connectivity index (χ2n) is 4.24. The summed E-state index contributed by atoms with van der Waals surface area (Å²) >= 11 is 11.7. The third-order valence-corrected chi connectivity index (χ3v) is 3.21. The summed E-state index contributed by atoms with van der Waals surface area (Å²) in [6, 6.07) is 4.76. The molecule has 0 aliphatic carbocycles. The molecule has 1 atom stereocenters. The molecule has 1 aromatic carbocycles. The van der Waals surface area contributed by atoms with E-state index in [1.807, 2.05) is 19.9 Å². The summed E-state index contributed by atoms with van der Waals surface area (Å²) in [6.45, 7) is 4.21. The lowest BCUT2D eigenvalue weighted by Gasteiger charge is -2.15. The van der Waals surface area contributed by atoms with Crippen LogP contribution in [-0.2, 0) is 11.3 Å². The van der Waals surface area contributed by atoms with E-state index in [1.54, 1.807) is 12.1 Å². The second-order valence-corrected chi connectivity index (χ2v) is 5.05. The molecule has 0 spiro atoms. The van der Waals surface area contributed by atoms with Crippen LogP contribution in [0.4, 0.5) is 0 Å². The van der Waals surface area contributed by atoms with Gasteiger partial charge in [0.15, 0.2) is 0 Å². The molecule has 5 heteroatoms. The lowest BCUT2D eigenvalue weighted by Crippen LogP contribution is -2.43. The lowest BCUT2D eigenvalue weighted by atomic mass is 10.0. The van der Waals surface area contributed by atoms with Gasteiger partial charge in [0.1, 0.15) is 0 Å². The van der Waals surface area contributed by atoms with Crippen molar-refractivity contribution in [1.29, 1.82) is 0 Å². The molecular weight excluding hydrogens is 259 g/mol. The lowest BCUT2D eigenvalue weighted by molar-refractivity contribution is -0.123. The highest BCUT2D eigenvalue weighted by Crippen LogP contribution is 2.22. The van der Waals surface area contributed by atoms with E-state index in [0.717, 1.165) is 5.56 Å². The maximum Gasteiger partial charge on any atom is 0.237 e. The van der Waals surface area contributed by atoms with Gasteiger partial charge in [-0.3, -0.25) is 4.79 Å². The Balaban J connectivity index is 2.56. The van der Waals surface area contributed by atoms with E-state index in [2.05, 4.69) is 5.32 Å². The van der Waals surface area contributed by atoms with E-state index in [9.17, 15) is 4.79 Å². The van der Waals surface area contributed by atoms with E-state index < -0.39 is 6.04 Å². The SMILES string of the molecule is CC(C)[C@H](N)C(=O)NCc1ccc(Cl)c(Cl)c1. The quantitative estimate of drug-likeness (QED) is 0.887. The Labute approximate surface area is 111 Å². The maximum atomic E-state index is 11.6. The zero-order valence-corrected chi connectivity index (χ0v) is 11.3. The molecule has 0 saturated heterocycles. The summed E-state index contributed by atoms with van der Waals surface area (Å²) in [6.07, 6.45) is 0. The molecule has 0 fully saturated rings. The minimum Gasteiger partial charge on any atom is -0.351 e. The predicted molar refractivity (Wildman–Crippen MR) is 71.1 cm³/mol. The number of carbonyl (C=O) groups is 1. The fraction of sp³-hybridized carbons (Fsp3) is 0.417. The monoisotopic (exact) mass is 274 g/mol. The topological polar surface area (TPSA) is 55.1 Å². The highest BCUT2D eigenvalue weighted by molar-refractivity contribution is 6.42. The van der Waals surface area contributed by atoms with E-state index in [4.69, 9.17) is 28.9 Å². The van der Waals surface area contributed by atoms with Crippen LogP contribution in [0.25, 0.3) is 0 Å². The maximum absolute atomic E-state index is 11.6. The number of carbonyl (C=O) groups excluding carboxylic acids is 1. The third-order valence-electron chi connectivity index (χ3n) is 2.47. The van der Waals surface area contributed by atoms with Gasteiger partial charge in [0.25, 0.3) is 0 Å². The zero-order chi connectivity index (χ0) is 13.0. The Morgan fingerprint density at radius 1 is 1.35 bits per heavy atom. The summed E-state index contributed by atoms with van der Waals surface area (Å²) < 4.78 is 0. The Hall–Kier alpha value is -0.770. The molecule has 1 amide bonds. The zero-order valence-electron chi connectivity index (χ0n) is 9.84. The summed E-state index contributed by atoms with van der Waals surface area (Å²) in [5.41, 5.74) is 6.61. The van der Waals surface area contributed by atoms with Crippen LogP contribution in [0.15, 0.2) is 18.2 Å². The number of nitrogens with one attached hydrogen (secondary N) is 1. The minimum absolute atomic E-state index is 0.115. The Kier molecular flexibility index (Phi) is 5.25. The standard InChI is InChI=1S/C12H16Cl2N2O/c1-7(2)11(15)12(17)16-6-8-3-4-9(13)10(14)5-8/h3-5,7,11H,6,15H2,1-2H3,(H,16,17)/t11-/m0/s1. The van der Waals surface area contributed by atoms with Crippen molar-refractivity contribution in [3.05, 3.63) is 33.8 Å². The van der Waals surface area contributed by atoms with E-state index in [1.165, 1.54) is 0 Å². The number of benzene rings is 1. The van der Waals surface area contributed by atoms with Crippen LogP contribution in [0.2, 0.25) is 10.0 Å². The van der Waals surface area contributed by atoms with Gasteiger partial charge in [-0.2, -0.15) is 0 Å². The molecule has 0 unspecified atom stereocenters. The van der Waals surface area contributed by atoms with Gasteiger partial charge in [-0.25, -0.2) is 0 Å². The largest absolute Gasteiger partial charge is 0.351 e. The van der Waals surface area contributed by atoms with Crippen molar-refractivity contribution in [3.8, 4) is 0 Å². The number of nitrogens with two attached hydrogens (primary N) is 1. The van der Waals surface area contributed by atoms with Gasteiger partial charge in [-0.05, 0) is 23.6 Å². The average molecular weight is 275 g/mol. The molecule has 1 rings (SSSR count). The highest BCUT2D eigenvalue weighted by atomic mass is 35.5. The Bertz CT molecular complexity index is 407. The van der Waals surface area contributed by atoms with Crippen LogP contribution in [0, 0.1) is 5.92 Å². The molecule has 1 aromatic rings. The molecule has 3 N–H and O–H groups in total. The van der Waals surface area contributed by atoms with Gasteiger partial charge in [0.2, 0.25) is 5.91 Å². The normalized spacial score (nSPS) is 12.6. The first kappa shape index (κ1) is 14.3. The number of halogens is 2. The molecule has 0 saturated carbocycles. The summed E-state index contributed by atoms with van der Waals surface area (Å²) in [5.74, 6) is -0.0464. The van der Waals surface area contributed by atoms with Crippen molar-refractivity contribution in [1.82, 2.24) is 5.32 Å². The van der Waals surface area contributed by atoms with Crippen molar-refractivity contribution in [2.24, 2.45) is 11.7 Å². The van der Waals surface area contributed by atoms with Crippen molar-refractivity contribution in [2.75, 3.05) is 0 Å². The van der Waals surface area contributed by atoms with Crippen LogP contribution in [0.5, 0.6) is 0 Å². The first-order valence-electron chi connectivity index (χ1n) is 5.39. The van der Waals surface area contributed by atoms with Crippen LogP contribution < -0.4 is 11.1 Å². The van der Waals surface area contributed by atoms with E-state index in [0.29, 0.717) is 16.6 Å². The molecule has 94 valence electrons. The summed E-state index contributed by atoms with van der Waals surface area (Å²) in [4.78, 5) is 11.6. The molecule has 0 aliphatic heterocycles. The third kappa shape index (κ3) is 4.19. The molecule has 0 radical (unpaired) electrons. The number of rotatable bonds is 4. The van der Waals surface area contributed by atoms with Gasteiger partial charge in [-0.1, -0.05) is 43.1 Å². The Morgan fingerprint density at radius 2 is 2.00 bits per heavy atom. The van der Waals surface area contributed by atoms with Gasteiger partial charge in [-0.15, -0.1) is 0 Å². The Morgan fingerprint density at radius 3 is 2.53 bits per heavy atom. The van der Waals surface area contributed by atoms with Crippen LogP contribution in [0.3, 0.4) is 0 Å². The highest BCUT2D eigenvalue weighted by Gasteiger charge is 2.16. The van der Waals surface area contributed by atoms with Crippen molar-refractivity contribution in [2.45, 2.75) is 26.4 Å². The van der Waals surface area contributed by atoms with Gasteiger partial charge >= 0.3 is 0 Å². The summed E-state index contributed by atoms with van der Waals surface area (Å²) in [5, 5.41) is 3.74. The molecule has 17 heavy (non-hydrogen) atoms. The first-order chi connectivity index (χ1) is 7.91. The van der Waals surface area contributed by atoms with Gasteiger partial charge in [0, 0.05) is 6.54 Å². The van der Waals surface area contributed by atoms with E-state index in [-0.39, 0.29) is 11.8 Å². The van der Waals surface area contributed by atoms with Crippen molar-refractivity contribution < 1.29 is 4.79 Å². The molecular formula is C12H16Cl2N2O. The minimum atomic E-state index is -0.488. The molecule has 3 nitrogen and oxygen atoms in total. The smallest absolute Gasteiger partial charge is 0.237 e. The van der Waals surface area contributed by atoms with Crippen molar-refractivity contribution >= 4 is 29.1 Å². The van der Waals surface area contributed by atoms with Crippen LogP contribution >= 0.6 is 23.2 Å². The molecule has 0 heterocycles. The molecule has 0 aliphatic rings. The van der Waals surface area contributed by atoms with Crippen LogP contribution in [-0.4, -0.2) is 11.9 Å². The fourth-order valence-corrected chi connectivity index (χ4v) is 1.58. The number of hydrogen-bond donors (Lipinski definition) is 2. The molecule has 0 bridgehead atoms. The number of hydrogen-bond acceptors (Lipinski definition) is 2. The number of amides is 1. The fourth-order valence-electron chi connectivity index (χ4n) is 1.26. The van der Waals surface area contributed by atoms with Crippen LogP contribution in [0.1, 0.15) is 19.4 Å².